The van der Waals surface area contributed by atoms with Gasteiger partial charge in [0.15, 0.2) is 0 Å². The van der Waals surface area contributed by atoms with Gasteiger partial charge in [-0.25, -0.2) is 0 Å². The molecule has 0 amide bonds. The molecule has 1 heterocycles. The van der Waals surface area contributed by atoms with Crippen molar-refractivity contribution >= 4 is 0 Å². The molecule has 1 heteroatoms. The van der Waals surface area contributed by atoms with E-state index in [9.17, 15) is 0 Å². The Balaban J connectivity index is 2.33. The lowest BCUT2D eigenvalue weighted by Gasteiger charge is -2.30. The molecule has 1 nitrogen and oxygen atoms in total. The summed E-state index contributed by atoms with van der Waals surface area (Å²) in [5.74, 6) is 0.626. The highest BCUT2D eigenvalue weighted by atomic mass is 15.2. The molecule has 0 N–H and O–H groups in total. The van der Waals surface area contributed by atoms with Crippen LogP contribution in [-0.4, -0.2) is 17.5 Å². The molecule has 17 heavy (non-hydrogen) atoms. The van der Waals surface area contributed by atoms with Crippen molar-refractivity contribution in [2.45, 2.75) is 58.5 Å². The first-order valence-corrected chi connectivity index (χ1v) is 6.95. The molecule has 0 aliphatic carbocycles. The first-order chi connectivity index (χ1) is 8.11. The van der Waals surface area contributed by atoms with E-state index in [0.717, 1.165) is 0 Å². The summed E-state index contributed by atoms with van der Waals surface area (Å²) in [5, 5.41) is 0. The van der Waals surface area contributed by atoms with Gasteiger partial charge >= 0.3 is 0 Å². The Morgan fingerprint density at radius 2 is 1.82 bits per heavy atom. The molecule has 1 aliphatic rings. The Kier molecular flexibility index (Phi) is 3.88. The van der Waals surface area contributed by atoms with Crippen LogP contribution in [0.15, 0.2) is 24.3 Å². The van der Waals surface area contributed by atoms with Crippen LogP contribution in [0.4, 0.5) is 0 Å². The molecule has 1 aromatic carbocycles. The van der Waals surface area contributed by atoms with E-state index in [1.165, 1.54) is 24.9 Å². The van der Waals surface area contributed by atoms with Gasteiger partial charge in [0.05, 0.1) is 0 Å². The van der Waals surface area contributed by atoms with Gasteiger partial charge in [-0.05, 0) is 50.3 Å². The zero-order valence-corrected chi connectivity index (χ0v) is 11.6. The maximum atomic E-state index is 2.65. The number of hydrogen-bond donors (Lipinski definition) is 0. The van der Waals surface area contributed by atoms with Gasteiger partial charge in [0.25, 0.3) is 0 Å². The lowest BCUT2D eigenvalue weighted by Crippen LogP contribution is -2.30. The van der Waals surface area contributed by atoms with Crippen LogP contribution in [0.1, 0.15) is 63.6 Å². The van der Waals surface area contributed by atoms with Gasteiger partial charge in [-0.2, -0.15) is 0 Å². The molecular formula is C16H25N. The third-order valence-corrected chi connectivity index (χ3v) is 3.93. The first-order valence-electron chi connectivity index (χ1n) is 6.95. The van der Waals surface area contributed by atoms with Crippen LogP contribution in [0.2, 0.25) is 0 Å². The number of hydrogen-bond acceptors (Lipinski definition) is 1. The Morgan fingerprint density at radius 3 is 2.47 bits per heavy atom. The molecular weight excluding hydrogens is 206 g/mol. The van der Waals surface area contributed by atoms with Crippen LogP contribution in [0.3, 0.4) is 0 Å². The monoisotopic (exact) mass is 231 g/mol. The summed E-state index contributed by atoms with van der Waals surface area (Å²) in [6, 6.07) is 10.3. The topological polar surface area (TPSA) is 3.24 Å². The van der Waals surface area contributed by atoms with E-state index in [0.29, 0.717) is 18.0 Å². The van der Waals surface area contributed by atoms with Gasteiger partial charge in [-0.15, -0.1) is 0 Å². The quantitative estimate of drug-likeness (QED) is 0.747. The first kappa shape index (κ1) is 12.6. The van der Waals surface area contributed by atoms with Crippen LogP contribution in [0, 0.1) is 0 Å². The lowest BCUT2D eigenvalue weighted by atomic mass is 9.91. The average molecular weight is 231 g/mol. The van der Waals surface area contributed by atoms with Gasteiger partial charge in [-0.3, -0.25) is 4.90 Å². The van der Waals surface area contributed by atoms with Gasteiger partial charge in [0.2, 0.25) is 0 Å². The predicted molar refractivity (Wildman–Crippen MR) is 74.3 cm³/mol. The van der Waals surface area contributed by atoms with Gasteiger partial charge in [0, 0.05) is 12.1 Å². The van der Waals surface area contributed by atoms with Crippen molar-refractivity contribution in [1.82, 2.24) is 4.90 Å². The van der Waals surface area contributed by atoms with E-state index < -0.39 is 0 Å². The van der Waals surface area contributed by atoms with Crippen LogP contribution in [-0.2, 0) is 0 Å². The summed E-state index contributed by atoms with van der Waals surface area (Å²) in [5.41, 5.74) is 3.10. The average Bonchev–Trinajstić information content (AvgIpc) is 2.77. The molecule has 1 aliphatic heterocycles. The third kappa shape index (κ3) is 2.55. The fourth-order valence-corrected chi connectivity index (χ4v) is 3.08. The molecule has 0 spiro atoms. The maximum Gasteiger partial charge on any atom is 0.0354 e. The van der Waals surface area contributed by atoms with Gasteiger partial charge in [-0.1, -0.05) is 38.1 Å². The second-order valence-electron chi connectivity index (χ2n) is 5.77. The van der Waals surface area contributed by atoms with Crippen LogP contribution >= 0.6 is 0 Å². The molecule has 0 bridgehead atoms. The minimum Gasteiger partial charge on any atom is -0.294 e. The van der Waals surface area contributed by atoms with Crippen molar-refractivity contribution in [2.24, 2.45) is 0 Å². The molecule has 1 saturated heterocycles. The second kappa shape index (κ2) is 5.22. The molecule has 94 valence electrons. The minimum atomic E-state index is 0.626. The molecule has 0 radical (unpaired) electrons. The number of rotatable bonds is 3. The lowest BCUT2D eigenvalue weighted by molar-refractivity contribution is 0.204. The minimum absolute atomic E-state index is 0.626. The van der Waals surface area contributed by atoms with Crippen molar-refractivity contribution in [3.8, 4) is 0 Å². The van der Waals surface area contributed by atoms with Crippen LogP contribution in [0.5, 0.6) is 0 Å². The van der Waals surface area contributed by atoms with E-state index in [1.807, 2.05) is 0 Å². The predicted octanol–water partition coefficient (Wildman–Crippen LogP) is 4.36. The summed E-state index contributed by atoms with van der Waals surface area (Å²) in [4.78, 5) is 2.65. The summed E-state index contributed by atoms with van der Waals surface area (Å²) < 4.78 is 0. The van der Waals surface area contributed by atoms with Crippen molar-refractivity contribution in [2.75, 3.05) is 6.54 Å². The van der Waals surface area contributed by atoms with Gasteiger partial charge in [0.1, 0.15) is 0 Å². The molecule has 1 fully saturated rings. The van der Waals surface area contributed by atoms with Crippen molar-refractivity contribution in [3.63, 3.8) is 0 Å². The fraction of sp³-hybridized carbons (Fsp3) is 0.625. The molecule has 0 saturated carbocycles. The summed E-state index contributed by atoms with van der Waals surface area (Å²) in [6.45, 7) is 10.5. The molecule has 0 aromatic heterocycles. The van der Waals surface area contributed by atoms with E-state index in [1.54, 1.807) is 5.56 Å². The number of likely N-dealkylation sites (tertiary alicyclic amines) is 1. The highest BCUT2D eigenvalue weighted by Gasteiger charge is 2.29. The highest BCUT2D eigenvalue weighted by Crippen LogP contribution is 2.37. The Morgan fingerprint density at radius 1 is 1.12 bits per heavy atom. The summed E-state index contributed by atoms with van der Waals surface area (Å²) in [6.07, 6.45) is 2.66. The normalized spacial score (nSPS) is 21.6. The van der Waals surface area contributed by atoms with Crippen LogP contribution < -0.4 is 0 Å². The van der Waals surface area contributed by atoms with E-state index in [2.05, 4.69) is 56.9 Å². The summed E-state index contributed by atoms with van der Waals surface area (Å²) in [7, 11) is 0. The number of nitrogens with zero attached hydrogens (tertiary/aromatic N) is 1. The SMILES string of the molecule is CC(C)c1ccccc1C1CCCN1C(C)C. The molecule has 1 aromatic rings. The highest BCUT2D eigenvalue weighted by molar-refractivity contribution is 5.33. The van der Waals surface area contributed by atoms with Gasteiger partial charge < -0.3 is 0 Å². The fourth-order valence-electron chi connectivity index (χ4n) is 3.08. The van der Waals surface area contributed by atoms with E-state index in [-0.39, 0.29) is 0 Å². The Hall–Kier alpha value is -0.820. The summed E-state index contributed by atoms with van der Waals surface area (Å²) >= 11 is 0. The number of benzene rings is 1. The van der Waals surface area contributed by atoms with Crippen molar-refractivity contribution in [1.29, 1.82) is 0 Å². The van der Waals surface area contributed by atoms with Crippen LogP contribution in [0.25, 0.3) is 0 Å². The van der Waals surface area contributed by atoms with Crippen molar-refractivity contribution in [3.05, 3.63) is 35.4 Å². The largest absolute Gasteiger partial charge is 0.294 e. The second-order valence-corrected chi connectivity index (χ2v) is 5.77. The van der Waals surface area contributed by atoms with Crippen molar-refractivity contribution < 1.29 is 0 Å². The van der Waals surface area contributed by atoms with E-state index >= 15 is 0 Å². The zero-order chi connectivity index (χ0) is 12.4. The Bertz CT molecular complexity index is 368. The zero-order valence-electron chi connectivity index (χ0n) is 11.6. The standard InChI is InChI=1S/C16H25N/c1-12(2)14-8-5-6-9-15(14)16-10-7-11-17(16)13(3)4/h5-6,8-9,12-13,16H,7,10-11H2,1-4H3. The smallest absolute Gasteiger partial charge is 0.0354 e. The third-order valence-electron chi connectivity index (χ3n) is 3.93. The molecule has 1 atom stereocenters. The molecule has 2 rings (SSSR count). The van der Waals surface area contributed by atoms with E-state index in [4.69, 9.17) is 0 Å². The maximum absolute atomic E-state index is 2.65. The Labute approximate surface area is 106 Å². The molecule has 1 unspecified atom stereocenters.